The molecule has 3 N–H and O–H groups in total. The van der Waals surface area contributed by atoms with Gasteiger partial charge in [-0.2, -0.15) is 0 Å². The van der Waals surface area contributed by atoms with Crippen LogP contribution in [0.4, 0.5) is 0 Å². The molecule has 1 aromatic heterocycles. The van der Waals surface area contributed by atoms with Gasteiger partial charge in [0.05, 0.1) is 0 Å². The Kier molecular flexibility index (Phi) is 1.82. The van der Waals surface area contributed by atoms with Gasteiger partial charge < -0.3 is 10.7 Å². The normalized spacial score (nSPS) is 32.5. The highest BCUT2D eigenvalue weighted by Gasteiger charge is 2.57. The van der Waals surface area contributed by atoms with E-state index in [9.17, 15) is 0 Å². The monoisotopic (exact) mass is 204 g/mol. The molecule has 0 saturated heterocycles. The number of aryl methyl sites for hydroxylation is 2. The van der Waals surface area contributed by atoms with Crippen LogP contribution in [0.3, 0.4) is 0 Å². The fourth-order valence-electron chi connectivity index (χ4n) is 3.07. The van der Waals surface area contributed by atoms with Crippen LogP contribution in [0.1, 0.15) is 49.6 Å². The van der Waals surface area contributed by atoms with E-state index in [1.807, 2.05) is 0 Å². The molecular formula is C13H20N2. The summed E-state index contributed by atoms with van der Waals surface area (Å²) in [5.74, 6) is 0.558. The van der Waals surface area contributed by atoms with Crippen LogP contribution in [0.5, 0.6) is 0 Å². The maximum absolute atomic E-state index is 6.11. The maximum atomic E-state index is 6.11. The lowest BCUT2D eigenvalue weighted by atomic mass is 9.98. The fraction of sp³-hybridized carbons (Fsp3) is 0.692. The molecule has 0 radical (unpaired) electrons. The number of H-pyrrole nitrogens is 1. The number of rotatable bonds is 1. The molecular weight excluding hydrogens is 184 g/mol. The second-order valence-corrected chi connectivity index (χ2v) is 5.76. The number of fused-ring (bicyclic) bond motifs is 1. The third-order valence-corrected chi connectivity index (χ3v) is 4.38. The fourth-order valence-corrected chi connectivity index (χ4v) is 3.07. The summed E-state index contributed by atoms with van der Waals surface area (Å²) in [6, 6.07) is 2.71. The first-order chi connectivity index (χ1) is 7.10. The molecule has 82 valence electrons. The summed E-state index contributed by atoms with van der Waals surface area (Å²) >= 11 is 0. The Morgan fingerprint density at radius 2 is 2.00 bits per heavy atom. The van der Waals surface area contributed by atoms with Crippen molar-refractivity contribution in [2.75, 3.05) is 0 Å². The van der Waals surface area contributed by atoms with Gasteiger partial charge in [0.2, 0.25) is 0 Å². The average molecular weight is 204 g/mol. The third kappa shape index (κ3) is 1.27. The predicted octanol–water partition coefficient (Wildman–Crippen LogP) is 2.34. The summed E-state index contributed by atoms with van der Waals surface area (Å²) in [5.41, 5.74) is 10.8. The molecule has 0 amide bonds. The second kappa shape index (κ2) is 2.88. The molecule has 15 heavy (non-hydrogen) atoms. The van der Waals surface area contributed by atoms with Crippen molar-refractivity contribution in [1.82, 2.24) is 4.98 Å². The minimum Gasteiger partial charge on any atom is -0.362 e. The number of nitrogens with one attached hydrogen (secondary N) is 1. The van der Waals surface area contributed by atoms with E-state index in [-0.39, 0.29) is 0 Å². The lowest BCUT2D eigenvalue weighted by molar-refractivity contribution is 0.595. The average Bonchev–Trinajstić information content (AvgIpc) is 2.61. The lowest BCUT2D eigenvalue weighted by Gasteiger charge is -2.09. The number of nitrogens with two attached hydrogens (primary N) is 1. The molecule has 1 aromatic rings. The SMILES string of the molecule is CC1(C)[C@@H](N)[C@@H]1c1cc2c([nH]1)CCCC2. The maximum Gasteiger partial charge on any atom is 0.0213 e. The van der Waals surface area contributed by atoms with E-state index < -0.39 is 0 Å². The molecule has 0 unspecified atom stereocenters. The highest BCUT2D eigenvalue weighted by Crippen LogP contribution is 2.57. The van der Waals surface area contributed by atoms with E-state index in [1.54, 1.807) is 5.56 Å². The molecule has 1 heterocycles. The number of aromatic amines is 1. The quantitative estimate of drug-likeness (QED) is 0.724. The Hall–Kier alpha value is -0.760. The first-order valence-electron chi connectivity index (χ1n) is 6.07. The molecule has 2 heteroatoms. The van der Waals surface area contributed by atoms with Gasteiger partial charge in [0.15, 0.2) is 0 Å². The first-order valence-corrected chi connectivity index (χ1v) is 6.07. The van der Waals surface area contributed by atoms with Gasteiger partial charge in [0.25, 0.3) is 0 Å². The van der Waals surface area contributed by atoms with Gasteiger partial charge in [-0.25, -0.2) is 0 Å². The highest BCUT2D eigenvalue weighted by molar-refractivity contribution is 5.36. The van der Waals surface area contributed by atoms with E-state index in [0.29, 0.717) is 17.4 Å². The molecule has 2 aliphatic carbocycles. The van der Waals surface area contributed by atoms with E-state index in [0.717, 1.165) is 0 Å². The van der Waals surface area contributed by atoms with Crippen LogP contribution in [0, 0.1) is 5.41 Å². The van der Waals surface area contributed by atoms with E-state index in [2.05, 4.69) is 24.9 Å². The molecule has 1 saturated carbocycles. The Morgan fingerprint density at radius 1 is 1.33 bits per heavy atom. The topological polar surface area (TPSA) is 41.8 Å². The van der Waals surface area contributed by atoms with Gasteiger partial charge >= 0.3 is 0 Å². The summed E-state index contributed by atoms with van der Waals surface area (Å²) < 4.78 is 0. The van der Waals surface area contributed by atoms with Crippen molar-refractivity contribution in [1.29, 1.82) is 0 Å². The van der Waals surface area contributed by atoms with Gasteiger partial charge in [-0.3, -0.25) is 0 Å². The van der Waals surface area contributed by atoms with Crippen LogP contribution >= 0.6 is 0 Å². The molecule has 2 aliphatic rings. The van der Waals surface area contributed by atoms with E-state index in [1.165, 1.54) is 37.1 Å². The number of hydrogen-bond acceptors (Lipinski definition) is 1. The Labute approximate surface area is 91.3 Å². The van der Waals surface area contributed by atoms with Crippen molar-refractivity contribution in [3.8, 4) is 0 Å². The van der Waals surface area contributed by atoms with E-state index >= 15 is 0 Å². The summed E-state index contributed by atoms with van der Waals surface area (Å²) in [6.07, 6.45) is 5.18. The predicted molar refractivity (Wildman–Crippen MR) is 61.9 cm³/mol. The van der Waals surface area contributed by atoms with Crippen molar-refractivity contribution in [3.05, 3.63) is 23.0 Å². The minimum absolute atomic E-state index is 0.299. The molecule has 3 rings (SSSR count). The minimum atomic E-state index is 0.299. The van der Waals surface area contributed by atoms with Gasteiger partial charge in [0.1, 0.15) is 0 Å². The molecule has 2 nitrogen and oxygen atoms in total. The van der Waals surface area contributed by atoms with Crippen molar-refractivity contribution in [2.24, 2.45) is 11.1 Å². The van der Waals surface area contributed by atoms with Crippen molar-refractivity contribution >= 4 is 0 Å². The lowest BCUT2D eigenvalue weighted by Crippen LogP contribution is -2.06. The van der Waals surface area contributed by atoms with Crippen LogP contribution < -0.4 is 5.73 Å². The van der Waals surface area contributed by atoms with Crippen LogP contribution in [-0.4, -0.2) is 11.0 Å². The number of hydrogen-bond donors (Lipinski definition) is 2. The summed E-state index contributed by atoms with van der Waals surface area (Å²) in [6.45, 7) is 4.53. The summed E-state index contributed by atoms with van der Waals surface area (Å²) in [7, 11) is 0. The zero-order valence-electron chi connectivity index (χ0n) is 9.64. The van der Waals surface area contributed by atoms with Gasteiger partial charge in [-0.15, -0.1) is 0 Å². The Bertz CT molecular complexity index is 366. The Morgan fingerprint density at radius 3 is 2.60 bits per heavy atom. The zero-order chi connectivity index (χ0) is 10.6. The number of aromatic nitrogens is 1. The smallest absolute Gasteiger partial charge is 0.0213 e. The van der Waals surface area contributed by atoms with Crippen LogP contribution in [0.25, 0.3) is 0 Å². The molecule has 0 aliphatic heterocycles. The molecule has 1 fully saturated rings. The third-order valence-electron chi connectivity index (χ3n) is 4.38. The van der Waals surface area contributed by atoms with Crippen LogP contribution in [-0.2, 0) is 12.8 Å². The van der Waals surface area contributed by atoms with Gasteiger partial charge in [-0.05, 0) is 42.7 Å². The van der Waals surface area contributed by atoms with E-state index in [4.69, 9.17) is 5.73 Å². The van der Waals surface area contributed by atoms with Crippen LogP contribution in [0.15, 0.2) is 6.07 Å². The van der Waals surface area contributed by atoms with Crippen molar-refractivity contribution < 1.29 is 0 Å². The Balaban J connectivity index is 1.91. The highest BCUT2D eigenvalue weighted by atomic mass is 14.9. The second-order valence-electron chi connectivity index (χ2n) is 5.76. The van der Waals surface area contributed by atoms with Crippen molar-refractivity contribution in [3.63, 3.8) is 0 Å². The largest absolute Gasteiger partial charge is 0.362 e. The standard InChI is InChI=1S/C13H20N2/c1-13(2)11(12(13)14)10-7-8-5-3-4-6-9(8)15-10/h7,11-12,15H,3-6,14H2,1-2H3/t11-,12-/m0/s1. The zero-order valence-corrected chi connectivity index (χ0v) is 9.64. The van der Waals surface area contributed by atoms with Gasteiger partial charge in [-0.1, -0.05) is 13.8 Å². The van der Waals surface area contributed by atoms with Crippen LogP contribution in [0.2, 0.25) is 0 Å². The molecule has 0 aromatic carbocycles. The first kappa shape index (κ1) is 9.46. The summed E-state index contributed by atoms with van der Waals surface area (Å²) in [5, 5.41) is 0. The molecule has 2 atom stereocenters. The molecule has 0 spiro atoms. The summed E-state index contributed by atoms with van der Waals surface area (Å²) in [4.78, 5) is 3.60. The molecule has 0 bridgehead atoms. The van der Waals surface area contributed by atoms with Gasteiger partial charge in [0, 0.05) is 23.3 Å². The van der Waals surface area contributed by atoms with Crippen molar-refractivity contribution in [2.45, 2.75) is 51.5 Å².